The smallest absolute Gasteiger partial charge is 0.134 e. The molecule has 1 heterocycles. The number of rotatable bonds is 9. The van der Waals surface area contributed by atoms with Crippen LogP contribution in [0, 0.1) is 5.92 Å². The van der Waals surface area contributed by atoms with Gasteiger partial charge in [-0.1, -0.05) is 57.7 Å². The van der Waals surface area contributed by atoms with E-state index >= 15 is 0 Å². The van der Waals surface area contributed by atoms with Crippen molar-refractivity contribution in [1.29, 1.82) is 0 Å². The second kappa shape index (κ2) is 8.11. The number of hydrogen-bond donors (Lipinski definition) is 1. The normalized spacial score (nSPS) is 11.6. The minimum Gasteiger partial charge on any atom is -0.464 e. The molecule has 0 radical (unpaired) electrons. The number of hydrogen-bond acceptors (Lipinski definition) is 2. The van der Waals surface area contributed by atoms with Crippen molar-refractivity contribution in [3.05, 3.63) is 36.1 Å². The average molecular weight is 273 g/mol. The van der Waals surface area contributed by atoms with E-state index in [1.165, 1.54) is 43.1 Å². The van der Waals surface area contributed by atoms with E-state index in [-0.39, 0.29) is 0 Å². The molecule has 0 saturated carbocycles. The van der Waals surface area contributed by atoms with Gasteiger partial charge in [0.1, 0.15) is 5.58 Å². The van der Waals surface area contributed by atoms with E-state index < -0.39 is 0 Å². The van der Waals surface area contributed by atoms with Gasteiger partial charge in [0.05, 0.1) is 6.26 Å². The fraction of sp³-hybridized carbons (Fsp3) is 0.556. The fourth-order valence-corrected chi connectivity index (χ4v) is 2.55. The summed E-state index contributed by atoms with van der Waals surface area (Å²) in [7, 11) is 0. The van der Waals surface area contributed by atoms with E-state index in [1.54, 1.807) is 0 Å². The first-order chi connectivity index (χ1) is 9.77. The van der Waals surface area contributed by atoms with E-state index in [0.29, 0.717) is 0 Å². The predicted molar refractivity (Wildman–Crippen MR) is 85.8 cm³/mol. The summed E-state index contributed by atoms with van der Waals surface area (Å²) >= 11 is 0. The molecule has 0 aliphatic rings. The first-order valence-corrected chi connectivity index (χ1v) is 7.93. The quantitative estimate of drug-likeness (QED) is 0.641. The number of benzene rings is 1. The SMILES string of the molecule is CC(C)CCCCCCNCc1coc2ccccc12. The van der Waals surface area contributed by atoms with E-state index in [0.717, 1.165) is 24.6 Å². The summed E-state index contributed by atoms with van der Waals surface area (Å²) in [6, 6.07) is 8.23. The Balaban J connectivity index is 1.59. The molecule has 0 spiro atoms. The molecule has 0 aliphatic carbocycles. The third-order valence-electron chi connectivity index (χ3n) is 3.76. The van der Waals surface area contributed by atoms with Crippen LogP contribution in [-0.2, 0) is 6.54 Å². The summed E-state index contributed by atoms with van der Waals surface area (Å²) in [4.78, 5) is 0. The Morgan fingerprint density at radius 1 is 1.05 bits per heavy atom. The molecule has 0 unspecified atom stereocenters. The Morgan fingerprint density at radius 2 is 1.85 bits per heavy atom. The molecule has 0 fully saturated rings. The lowest BCUT2D eigenvalue weighted by atomic mass is 10.0. The molecule has 0 atom stereocenters. The Morgan fingerprint density at radius 3 is 2.70 bits per heavy atom. The standard InChI is InChI=1S/C18H27NO/c1-15(2)9-5-3-4-8-12-19-13-16-14-20-18-11-7-6-10-17(16)18/h6-7,10-11,14-15,19H,3-5,8-9,12-13H2,1-2H3. The van der Waals surface area contributed by atoms with Gasteiger partial charge < -0.3 is 9.73 Å². The lowest BCUT2D eigenvalue weighted by Gasteiger charge is -2.05. The Hall–Kier alpha value is -1.28. The van der Waals surface area contributed by atoms with Crippen LogP contribution < -0.4 is 5.32 Å². The Labute approximate surface area is 122 Å². The van der Waals surface area contributed by atoms with Gasteiger partial charge in [-0.05, 0) is 24.9 Å². The molecular formula is C18H27NO. The van der Waals surface area contributed by atoms with Gasteiger partial charge in [-0.25, -0.2) is 0 Å². The van der Waals surface area contributed by atoms with Gasteiger partial charge in [0, 0.05) is 17.5 Å². The van der Waals surface area contributed by atoms with Crippen molar-refractivity contribution in [2.45, 2.75) is 52.5 Å². The molecule has 20 heavy (non-hydrogen) atoms. The van der Waals surface area contributed by atoms with Crippen molar-refractivity contribution in [3.63, 3.8) is 0 Å². The van der Waals surface area contributed by atoms with Crippen molar-refractivity contribution in [2.24, 2.45) is 5.92 Å². The maximum atomic E-state index is 5.54. The number of unbranched alkanes of at least 4 members (excludes halogenated alkanes) is 3. The van der Waals surface area contributed by atoms with Crippen LogP contribution >= 0.6 is 0 Å². The van der Waals surface area contributed by atoms with Crippen LogP contribution in [0.1, 0.15) is 51.5 Å². The zero-order chi connectivity index (χ0) is 14.2. The van der Waals surface area contributed by atoms with Crippen molar-refractivity contribution < 1.29 is 4.42 Å². The van der Waals surface area contributed by atoms with Gasteiger partial charge >= 0.3 is 0 Å². The second-order valence-electron chi connectivity index (χ2n) is 6.03. The lowest BCUT2D eigenvalue weighted by molar-refractivity contribution is 0.512. The van der Waals surface area contributed by atoms with Gasteiger partial charge in [0.2, 0.25) is 0 Å². The fourth-order valence-electron chi connectivity index (χ4n) is 2.55. The largest absolute Gasteiger partial charge is 0.464 e. The summed E-state index contributed by atoms with van der Waals surface area (Å²) in [5.41, 5.74) is 2.25. The second-order valence-corrected chi connectivity index (χ2v) is 6.03. The van der Waals surface area contributed by atoms with Crippen LogP contribution in [0.2, 0.25) is 0 Å². The van der Waals surface area contributed by atoms with Gasteiger partial charge in [-0.15, -0.1) is 0 Å². The highest BCUT2D eigenvalue weighted by Gasteiger charge is 2.03. The van der Waals surface area contributed by atoms with Gasteiger partial charge in [0.15, 0.2) is 0 Å². The molecule has 110 valence electrons. The Kier molecular flexibility index (Phi) is 6.13. The van der Waals surface area contributed by atoms with E-state index in [9.17, 15) is 0 Å². The van der Waals surface area contributed by atoms with Crippen LogP contribution in [0.4, 0.5) is 0 Å². The monoisotopic (exact) mass is 273 g/mol. The highest BCUT2D eigenvalue weighted by Crippen LogP contribution is 2.20. The molecule has 0 bridgehead atoms. The topological polar surface area (TPSA) is 25.2 Å². The van der Waals surface area contributed by atoms with Crippen molar-refractivity contribution >= 4 is 11.0 Å². The average Bonchev–Trinajstić information content (AvgIpc) is 2.85. The predicted octanol–water partition coefficient (Wildman–Crippen LogP) is 5.13. The van der Waals surface area contributed by atoms with Gasteiger partial charge in [0.25, 0.3) is 0 Å². The molecule has 2 heteroatoms. The molecule has 0 amide bonds. The minimum atomic E-state index is 0.850. The maximum absolute atomic E-state index is 5.54. The summed E-state index contributed by atoms with van der Waals surface area (Å²) in [5.74, 6) is 0.850. The van der Waals surface area contributed by atoms with Crippen molar-refractivity contribution in [2.75, 3.05) is 6.54 Å². The first kappa shape index (κ1) is 15.1. The molecule has 2 rings (SSSR count). The molecule has 1 aromatic heterocycles. The van der Waals surface area contributed by atoms with Crippen molar-refractivity contribution in [1.82, 2.24) is 5.32 Å². The number of fused-ring (bicyclic) bond motifs is 1. The molecule has 2 aromatic rings. The first-order valence-electron chi connectivity index (χ1n) is 7.93. The highest BCUT2D eigenvalue weighted by molar-refractivity contribution is 5.80. The number of nitrogens with one attached hydrogen (secondary N) is 1. The van der Waals surface area contributed by atoms with Crippen LogP contribution in [0.3, 0.4) is 0 Å². The van der Waals surface area contributed by atoms with E-state index in [4.69, 9.17) is 4.42 Å². The van der Waals surface area contributed by atoms with E-state index in [1.807, 2.05) is 18.4 Å². The summed E-state index contributed by atoms with van der Waals surface area (Å²) < 4.78 is 5.54. The zero-order valence-electron chi connectivity index (χ0n) is 12.8. The maximum Gasteiger partial charge on any atom is 0.134 e. The highest BCUT2D eigenvalue weighted by atomic mass is 16.3. The number of para-hydroxylation sites is 1. The Bertz CT molecular complexity index is 501. The molecule has 1 N–H and O–H groups in total. The zero-order valence-corrected chi connectivity index (χ0v) is 12.8. The molecule has 0 saturated heterocycles. The van der Waals surface area contributed by atoms with Crippen LogP contribution in [0.15, 0.2) is 34.9 Å². The van der Waals surface area contributed by atoms with Crippen LogP contribution in [0.5, 0.6) is 0 Å². The van der Waals surface area contributed by atoms with Crippen LogP contribution in [0.25, 0.3) is 11.0 Å². The van der Waals surface area contributed by atoms with Crippen molar-refractivity contribution in [3.8, 4) is 0 Å². The lowest BCUT2D eigenvalue weighted by Crippen LogP contribution is -2.14. The van der Waals surface area contributed by atoms with Gasteiger partial charge in [-0.2, -0.15) is 0 Å². The third kappa shape index (κ3) is 4.68. The molecule has 2 nitrogen and oxygen atoms in total. The van der Waals surface area contributed by atoms with E-state index in [2.05, 4.69) is 31.3 Å². The third-order valence-corrected chi connectivity index (χ3v) is 3.76. The summed E-state index contributed by atoms with van der Waals surface area (Å²) in [5, 5.41) is 4.75. The van der Waals surface area contributed by atoms with Crippen LogP contribution in [-0.4, -0.2) is 6.54 Å². The summed E-state index contributed by atoms with van der Waals surface area (Å²) in [6.45, 7) is 6.61. The molecule has 1 aromatic carbocycles. The summed E-state index contributed by atoms with van der Waals surface area (Å²) in [6.07, 6.45) is 8.60. The minimum absolute atomic E-state index is 0.850. The van der Waals surface area contributed by atoms with Gasteiger partial charge in [-0.3, -0.25) is 0 Å². The number of furan rings is 1. The molecular weight excluding hydrogens is 246 g/mol. The molecule has 0 aliphatic heterocycles.